The third kappa shape index (κ3) is 5.57. The Morgan fingerprint density at radius 1 is 1.19 bits per heavy atom. The second-order valence-corrected chi connectivity index (χ2v) is 7.74. The van der Waals surface area contributed by atoms with Gasteiger partial charge in [0.2, 0.25) is 5.91 Å². The summed E-state index contributed by atoms with van der Waals surface area (Å²) in [7, 11) is 1.58. The van der Waals surface area contributed by atoms with Crippen LogP contribution < -0.4 is 4.74 Å². The van der Waals surface area contributed by atoms with Gasteiger partial charge < -0.3 is 14.5 Å². The van der Waals surface area contributed by atoms with Crippen molar-refractivity contribution >= 4 is 11.6 Å². The number of amides is 1. The molecule has 0 saturated carbocycles. The van der Waals surface area contributed by atoms with Crippen molar-refractivity contribution in [2.24, 2.45) is 11.1 Å². The Kier molecular flexibility index (Phi) is 6.87. The maximum Gasteiger partial charge on any atom is 0.416 e. The Morgan fingerprint density at radius 2 is 1.87 bits per heavy atom. The molecule has 0 bridgehead atoms. The van der Waals surface area contributed by atoms with E-state index >= 15 is 0 Å². The summed E-state index contributed by atoms with van der Waals surface area (Å²) in [6.45, 7) is 4.04. The number of methoxy groups -OCH3 is 1. The minimum atomic E-state index is -4.39. The van der Waals surface area contributed by atoms with E-state index < -0.39 is 11.7 Å². The Labute approximate surface area is 179 Å². The summed E-state index contributed by atoms with van der Waals surface area (Å²) in [5.41, 5.74) is 1.46. The maximum atomic E-state index is 12.8. The number of oxime groups is 1. The average molecular weight is 434 g/mol. The van der Waals surface area contributed by atoms with Crippen LogP contribution in [0.5, 0.6) is 5.75 Å². The van der Waals surface area contributed by atoms with Crippen LogP contribution >= 0.6 is 0 Å². The van der Waals surface area contributed by atoms with Gasteiger partial charge >= 0.3 is 6.18 Å². The van der Waals surface area contributed by atoms with Gasteiger partial charge in [0, 0.05) is 24.4 Å². The SMILES string of the molecule is COc1ccccc1C1=NOC(CN(Cc2ccc(C(F)(F)F)cc2)C(=O)C(C)C)C1. The summed E-state index contributed by atoms with van der Waals surface area (Å²) >= 11 is 0. The molecule has 0 saturated heterocycles. The first-order chi connectivity index (χ1) is 14.7. The van der Waals surface area contributed by atoms with Crippen LogP contribution in [0.2, 0.25) is 0 Å². The number of benzene rings is 2. The minimum absolute atomic E-state index is 0.103. The van der Waals surface area contributed by atoms with Gasteiger partial charge in [0.15, 0.2) is 6.10 Å². The molecule has 5 nitrogen and oxygen atoms in total. The molecule has 1 aliphatic rings. The lowest BCUT2D eigenvalue weighted by atomic mass is 10.0. The van der Waals surface area contributed by atoms with Crippen molar-refractivity contribution in [1.29, 1.82) is 0 Å². The van der Waals surface area contributed by atoms with Crippen molar-refractivity contribution in [1.82, 2.24) is 4.90 Å². The van der Waals surface area contributed by atoms with Crippen molar-refractivity contribution in [3.63, 3.8) is 0 Å². The molecule has 0 aliphatic carbocycles. The van der Waals surface area contributed by atoms with Gasteiger partial charge in [-0.2, -0.15) is 13.2 Å². The average Bonchev–Trinajstić information content (AvgIpc) is 3.20. The maximum absolute atomic E-state index is 12.8. The molecule has 166 valence electrons. The van der Waals surface area contributed by atoms with E-state index in [-0.39, 0.29) is 31.0 Å². The van der Waals surface area contributed by atoms with Crippen LogP contribution in [0.3, 0.4) is 0 Å². The van der Waals surface area contributed by atoms with Gasteiger partial charge in [0.1, 0.15) is 5.75 Å². The second-order valence-electron chi connectivity index (χ2n) is 7.74. The monoisotopic (exact) mass is 434 g/mol. The number of ether oxygens (including phenoxy) is 1. The first kappa shape index (κ1) is 22.7. The summed E-state index contributed by atoms with van der Waals surface area (Å²) in [6, 6.07) is 12.3. The number of alkyl halides is 3. The number of hydrogen-bond donors (Lipinski definition) is 0. The lowest BCUT2D eigenvalue weighted by Crippen LogP contribution is -2.39. The van der Waals surface area contributed by atoms with E-state index in [4.69, 9.17) is 9.57 Å². The van der Waals surface area contributed by atoms with Crippen molar-refractivity contribution in [2.75, 3.05) is 13.7 Å². The molecule has 1 atom stereocenters. The van der Waals surface area contributed by atoms with Crippen LogP contribution in [-0.2, 0) is 22.4 Å². The molecule has 3 rings (SSSR count). The van der Waals surface area contributed by atoms with E-state index in [1.807, 2.05) is 24.3 Å². The molecular weight excluding hydrogens is 409 g/mol. The molecule has 0 N–H and O–H groups in total. The first-order valence-corrected chi connectivity index (χ1v) is 10.00. The number of rotatable bonds is 7. The largest absolute Gasteiger partial charge is 0.496 e. The number of carbonyl (C=O) groups excluding carboxylic acids is 1. The van der Waals surface area contributed by atoms with Gasteiger partial charge in [0.25, 0.3) is 0 Å². The normalized spacial score (nSPS) is 16.1. The zero-order valence-corrected chi connectivity index (χ0v) is 17.6. The van der Waals surface area contributed by atoms with Crippen molar-refractivity contribution in [3.05, 3.63) is 65.2 Å². The molecular formula is C23H25F3N2O3. The highest BCUT2D eigenvalue weighted by molar-refractivity contribution is 6.03. The van der Waals surface area contributed by atoms with E-state index in [2.05, 4.69) is 5.16 Å². The molecule has 1 amide bonds. The highest BCUT2D eigenvalue weighted by atomic mass is 19.4. The third-order valence-corrected chi connectivity index (χ3v) is 5.04. The number of nitrogens with zero attached hydrogens (tertiary/aromatic N) is 2. The van der Waals surface area contributed by atoms with Crippen LogP contribution in [0, 0.1) is 5.92 Å². The molecule has 1 unspecified atom stereocenters. The molecule has 0 fully saturated rings. The molecule has 0 spiro atoms. The summed E-state index contributed by atoms with van der Waals surface area (Å²) < 4.78 is 43.8. The third-order valence-electron chi connectivity index (χ3n) is 5.04. The van der Waals surface area contributed by atoms with Gasteiger partial charge in [-0.1, -0.05) is 43.3 Å². The zero-order valence-electron chi connectivity index (χ0n) is 17.6. The number of halogens is 3. The van der Waals surface area contributed by atoms with Gasteiger partial charge in [-0.3, -0.25) is 4.79 Å². The van der Waals surface area contributed by atoms with E-state index in [0.717, 1.165) is 23.4 Å². The smallest absolute Gasteiger partial charge is 0.416 e. The number of carbonyl (C=O) groups is 1. The van der Waals surface area contributed by atoms with E-state index in [0.29, 0.717) is 17.7 Å². The lowest BCUT2D eigenvalue weighted by Gasteiger charge is -2.26. The molecule has 2 aromatic rings. The molecule has 2 aromatic carbocycles. The topological polar surface area (TPSA) is 51.1 Å². The number of hydrogen-bond acceptors (Lipinski definition) is 4. The Hall–Kier alpha value is -3.03. The highest BCUT2D eigenvalue weighted by Gasteiger charge is 2.31. The lowest BCUT2D eigenvalue weighted by molar-refractivity contribution is -0.138. The van der Waals surface area contributed by atoms with Crippen molar-refractivity contribution < 1.29 is 27.5 Å². The summed E-state index contributed by atoms with van der Waals surface area (Å²) in [5.74, 6) is 0.324. The summed E-state index contributed by atoms with van der Waals surface area (Å²) in [4.78, 5) is 19.9. The van der Waals surface area contributed by atoms with Crippen LogP contribution in [0.1, 0.15) is 37.0 Å². The summed E-state index contributed by atoms with van der Waals surface area (Å²) in [6.07, 6.45) is -4.25. The van der Waals surface area contributed by atoms with Crippen LogP contribution in [-0.4, -0.2) is 36.3 Å². The van der Waals surface area contributed by atoms with E-state index in [1.54, 1.807) is 25.9 Å². The second kappa shape index (κ2) is 9.41. The van der Waals surface area contributed by atoms with Gasteiger partial charge in [0.05, 0.1) is 24.9 Å². The van der Waals surface area contributed by atoms with Crippen molar-refractivity contribution in [2.45, 2.75) is 39.1 Å². The summed E-state index contributed by atoms with van der Waals surface area (Å²) in [5, 5.41) is 4.17. The molecule has 1 heterocycles. The Bertz CT molecular complexity index is 940. The first-order valence-electron chi connectivity index (χ1n) is 10.00. The van der Waals surface area contributed by atoms with Gasteiger partial charge in [-0.25, -0.2) is 0 Å². The molecule has 1 aliphatic heterocycles. The van der Waals surface area contributed by atoms with Crippen molar-refractivity contribution in [3.8, 4) is 5.75 Å². The molecule has 0 aromatic heterocycles. The van der Waals surface area contributed by atoms with Crippen LogP contribution in [0.25, 0.3) is 0 Å². The Morgan fingerprint density at radius 3 is 2.48 bits per heavy atom. The quantitative estimate of drug-likeness (QED) is 0.623. The molecule has 8 heteroatoms. The zero-order chi connectivity index (χ0) is 22.6. The Balaban J connectivity index is 1.70. The fourth-order valence-corrected chi connectivity index (χ4v) is 3.43. The van der Waals surface area contributed by atoms with Crippen LogP contribution in [0.15, 0.2) is 53.7 Å². The van der Waals surface area contributed by atoms with Gasteiger partial charge in [-0.05, 0) is 29.8 Å². The van der Waals surface area contributed by atoms with E-state index in [9.17, 15) is 18.0 Å². The fraction of sp³-hybridized carbons (Fsp3) is 0.391. The van der Waals surface area contributed by atoms with E-state index in [1.165, 1.54) is 12.1 Å². The van der Waals surface area contributed by atoms with Gasteiger partial charge in [-0.15, -0.1) is 0 Å². The standard InChI is InChI=1S/C23H25F3N2O3/c1-15(2)22(29)28(13-16-8-10-17(11-9-16)23(24,25)26)14-18-12-20(27-31-18)19-6-4-5-7-21(19)30-3/h4-11,15,18H,12-14H2,1-3H3. The number of para-hydroxylation sites is 1. The predicted octanol–water partition coefficient (Wildman–Crippen LogP) is 4.89. The molecule has 31 heavy (non-hydrogen) atoms. The van der Waals surface area contributed by atoms with Crippen LogP contribution in [0.4, 0.5) is 13.2 Å². The highest BCUT2D eigenvalue weighted by Crippen LogP contribution is 2.29. The predicted molar refractivity (Wildman–Crippen MR) is 111 cm³/mol. The molecule has 0 radical (unpaired) electrons. The fourth-order valence-electron chi connectivity index (χ4n) is 3.43. The minimum Gasteiger partial charge on any atom is -0.496 e.